The largest absolute Gasteiger partial charge is 0.311 e. The van der Waals surface area contributed by atoms with E-state index in [1.165, 1.54) is 11.1 Å². The van der Waals surface area contributed by atoms with Crippen LogP contribution in [0.15, 0.2) is 30.5 Å². The molecular weight excluding hydrogens is 260 g/mol. The first-order chi connectivity index (χ1) is 9.99. The zero-order chi connectivity index (χ0) is 15.3. The van der Waals surface area contributed by atoms with Crippen LogP contribution in [0.25, 0.3) is 0 Å². The smallest absolute Gasteiger partial charge is 0.0964 e. The summed E-state index contributed by atoms with van der Waals surface area (Å²) < 4.78 is 1.90. The van der Waals surface area contributed by atoms with Gasteiger partial charge >= 0.3 is 0 Å². The SMILES string of the molecule is CCCNCc1cn(Cc2ccc(C(C)(C)C)cc2)nn1. The maximum atomic E-state index is 4.19. The van der Waals surface area contributed by atoms with Crippen molar-refractivity contribution in [1.82, 2.24) is 20.3 Å². The molecule has 0 bridgehead atoms. The van der Waals surface area contributed by atoms with Crippen LogP contribution in [0.1, 0.15) is 50.9 Å². The van der Waals surface area contributed by atoms with Crippen LogP contribution in [0, 0.1) is 0 Å². The Bertz CT molecular complexity index is 549. The normalized spacial score (nSPS) is 11.8. The van der Waals surface area contributed by atoms with Crippen LogP contribution >= 0.6 is 0 Å². The van der Waals surface area contributed by atoms with E-state index >= 15 is 0 Å². The lowest BCUT2D eigenvalue weighted by Gasteiger charge is -2.19. The monoisotopic (exact) mass is 286 g/mol. The fourth-order valence-corrected chi connectivity index (χ4v) is 2.19. The third-order valence-electron chi connectivity index (χ3n) is 3.48. The maximum absolute atomic E-state index is 4.19. The number of nitrogens with zero attached hydrogens (tertiary/aromatic N) is 3. The predicted octanol–water partition coefficient (Wildman–Crippen LogP) is 3.12. The van der Waals surface area contributed by atoms with E-state index in [2.05, 4.69) is 67.6 Å². The Morgan fingerprint density at radius 3 is 2.48 bits per heavy atom. The van der Waals surface area contributed by atoms with Gasteiger partial charge in [0.1, 0.15) is 0 Å². The Morgan fingerprint density at radius 1 is 1.14 bits per heavy atom. The van der Waals surface area contributed by atoms with E-state index in [-0.39, 0.29) is 5.41 Å². The third-order valence-corrected chi connectivity index (χ3v) is 3.48. The summed E-state index contributed by atoms with van der Waals surface area (Å²) in [5.41, 5.74) is 3.80. The quantitative estimate of drug-likeness (QED) is 0.830. The molecule has 0 unspecified atom stereocenters. The topological polar surface area (TPSA) is 42.7 Å². The highest BCUT2D eigenvalue weighted by molar-refractivity contribution is 5.27. The minimum atomic E-state index is 0.198. The lowest BCUT2D eigenvalue weighted by Crippen LogP contribution is -2.13. The molecule has 1 aromatic heterocycles. The van der Waals surface area contributed by atoms with Gasteiger partial charge in [0, 0.05) is 6.54 Å². The summed E-state index contributed by atoms with van der Waals surface area (Å²) in [5.74, 6) is 0. The van der Waals surface area contributed by atoms with Crippen molar-refractivity contribution in [1.29, 1.82) is 0 Å². The Kier molecular flexibility index (Phi) is 5.12. The minimum absolute atomic E-state index is 0.198. The summed E-state index contributed by atoms with van der Waals surface area (Å²) in [5, 5.41) is 11.7. The Balaban J connectivity index is 1.95. The van der Waals surface area contributed by atoms with E-state index in [0.717, 1.165) is 31.7 Å². The molecule has 0 atom stereocenters. The van der Waals surface area contributed by atoms with Gasteiger partial charge in [-0.25, -0.2) is 4.68 Å². The molecule has 1 aromatic carbocycles. The van der Waals surface area contributed by atoms with Gasteiger partial charge in [0.05, 0.1) is 18.4 Å². The molecule has 0 aliphatic carbocycles. The molecule has 0 aliphatic rings. The molecule has 0 saturated carbocycles. The third kappa shape index (κ3) is 4.67. The van der Waals surface area contributed by atoms with E-state index in [1.54, 1.807) is 0 Å². The average molecular weight is 286 g/mol. The van der Waals surface area contributed by atoms with Crippen molar-refractivity contribution in [2.75, 3.05) is 6.54 Å². The molecule has 0 amide bonds. The number of aromatic nitrogens is 3. The van der Waals surface area contributed by atoms with Crippen LogP contribution in [-0.4, -0.2) is 21.5 Å². The Morgan fingerprint density at radius 2 is 1.86 bits per heavy atom. The highest BCUT2D eigenvalue weighted by Crippen LogP contribution is 2.22. The van der Waals surface area contributed by atoms with Gasteiger partial charge in [-0.1, -0.05) is 57.2 Å². The van der Waals surface area contributed by atoms with Gasteiger partial charge < -0.3 is 5.32 Å². The second-order valence-electron chi connectivity index (χ2n) is 6.53. The van der Waals surface area contributed by atoms with Crippen LogP contribution in [0.2, 0.25) is 0 Å². The van der Waals surface area contributed by atoms with Gasteiger partial charge in [-0.2, -0.15) is 0 Å². The van der Waals surface area contributed by atoms with Gasteiger partial charge in [-0.3, -0.25) is 0 Å². The van der Waals surface area contributed by atoms with E-state index in [9.17, 15) is 0 Å². The van der Waals surface area contributed by atoms with Crippen molar-refractivity contribution >= 4 is 0 Å². The van der Waals surface area contributed by atoms with Crippen LogP contribution in [0.4, 0.5) is 0 Å². The summed E-state index contributed by atoms with van der Waals surface area (Å²) in [6.45, 7) is 11.4. The molecule has 0 fully saturated rings. The van der Waals surface area contributed by atoms with Crippen LogP contribution in [0.3, 0.4) is 0 Å². The van der Waals surface area contributed by atoms with Gasteiger partial charge in [0.25, 0.3) is 0 Å². The number of hydrogen-bond acceptors (Lipinski definition) is 3. The maximum Gasteiger partial charge on any atom is 0.0964 e. The molecule has 1 heterocycles. The summed E-state index contributed by atoms with van der Waals surface area (Å²) in [6, 6.07) is 8.76. The summed E-state index contributed by atoms with van der Waals surface area (Å²) >= 11 is 0. The van der Waals surface area contributed by atoms with Crippen molar-refractivity contribution in [2.24, 2.45) is 0 Å². The fourth-order valence-electron chi connectivity index (χ4n) is 2.19. The molecule has 114 valence electrons. The average Bonchev–Trinajstić information content (AvgIpc) is 2.86. The Hall–Kier alpha value is -1.68. The molecule has 2 rings (SSSR count). The van der Waals surface area contributed by atoms with Gasteiger partial charge in [-0.15, -0.1) is 5.10 Å². The van der Waals surface area contributed by atoms with Crippen molar-refractivity contribution < 1.29 is 0 Å². The van der Waals surface area contributed by atoms with Crippen molar-refractivity contribution in [3.8, 4) is 0 Å². The zero-order valence-corrected chi connectivity index (χ0v) is 13.6. The number of hydrogen-bond donors (Lipinski definition) is 1. The minimum Gasteiger partial charge on any atom is -0.311 e. The number of nitrogens with one attached hydrogen (secondary N) is 1. The molecule has 1 N–H and O–H groups in total. The van der Waals surface area contributed by atoms with Crippen molar-refractivity contribution in [3.05, 3.63) is 47.3 Å². The van der Waals surface area contributed by atoms with E-state index in [4.69, 9.17) is 0 Å². The van der Waals surface area contributed by atoms with Crippen LogP contribution in [-0.2, 0) is 18.5 Å². The second kappa shape index (κ2) is 6.85. The Labute approximate surface area is 127 Å². The number of rotatable bonds is 6. The molecule has 0 saturated heterocycles. The van der Waals surface area contributed by atoms with Crippen molar-refractivity contribution in [3.63, 3.8) is 0 Å². The molecule has 0 spiro atoms. The molecule has 4 nitrogen and oxygen atoms in total. The molecule has 21 heavy (non-hydrogen) atoms. The molecule has 2 aromatic rings. The molecule has 0 aliphatic heterocycles. The van der Waals surface area contributed by atoms with E-state index < -0.39 is 0 Å². The second-order valence-corrected chi connectivity index (χ2v) is 6.53. The summed E-state index contributed by atoms with van der Waals surface area (Å²) in [7, 11) is 0. The lowest BCUT2D eigenvalue weighted by molar-refractivity contribution is 0.589. The standard InChI is InChI=1S/C17H26N4/c1-5-10-18-11-16-13-21(20-19-16)12-14-6-8-15(9-7-14)17(2,3)4/h6-9,13,18H,5,10-12H2,1-4H3. The summed E-state index contributed by atoms with van der Waals surface area (Å²) in [6.07, 6.45) is 3.15. The highest BCUT2D eigenvalue weighted by atomic mass is 15.4. The van der Waals surface area contributed by atoms with Gasteiger partial charge in [0.15, 0.2) is 0 Å². The molecular formula is C17H26N4. The first kappa shape index (κ1) is 15.7. The van der Waals surface area contributed by atoms with Crippen LogP contribution in [0.5, 0.6) is 0 Å². The van der Waals surface area contributed by atoms with Crippen LogP contribution < -0.4 is 5.32 Å². The molecule has 4 heteroatoms. The zero-order valence-electron chi connectivity index (χ0n) is 13.6. The lowest BCUT2D eigenvalue weighted by atomic mass is 9.87. The number of benzene rings is 1. The molecule has 0 radical (unpaired) electrons. The first-order valence-corrected chi connectivity index (χ1v) is 7.68. The predicted molar refractivity (Wildman–Crippen MR) is 86.3 cm³/mol. The van der Waals surface area contributed by atoms with Gasteiger partial charge in [0.2, 0.25) is 0 Å². The fraction of sp³-hybridized carbons (Fsp3) is 0.529. The first-order valence-electron chi connectivity index (χ1n) is 7.68. The van der Waals surface area contributed by atoms with E-state index in [0.29, 0.717) is 0 Å². The highest BCUT2D eigenvalue weighted by Gasteiger charge is 2.12. The van der Waals surface area contributed by atoms with Gasteiger partial charge in [-0.05, 0) is 29.5 Å². The van der Waals surface area contributed by atoms with Crippen molar-refractivity contribution in [2.45, 2.75) is 52.6 Å². The summed E-state index contributed by atoms with van der Waals surface area (Å²) in [4.78, 5) is 0. The van der Waals surface area contributed by atoms with E-state index in [1.807, 2.05) is 10.9 Å².